The second-order valence-corrected chi connectivity index (χ2v) is 12.1. The van der Waals surface area contributed by atoms with Gasteiger partial charge in [0.25, 0.3) is 0 Å². The largest absolute Gasteiger partial charge is 0.371 e. The number of anilines is 1. The van der Waals surface area contributed by atoms with E-state index in [4.69, 9.17) is 10.7 Å². The number of rotatable bonds is 1. The van der Waals surface area contributed by atoms with Crippen LogP contribution in [0.5, 0.6) is 0 Å². The summed E-state index contributed by atoms with van der Waals surface area (Å²) < 4.78 is 1.27. The van der Waals surface area contributed by atoms with Crippen LogP contribution in [0, 0.1) is 0 Å². The maximum atomic E-state index is 6.69. The summed E-state index contributed by atoms with van der Waals surface area (Å²) in [6.45, 7) is 11.6. The highest BCUT2D eigenvalue weighted by molar-refractivity contribution is 7.19. The van der Waals surface area contributed by atoms with Gasteiger partial charge in [0.1, 0.15) is 5.01 Å². The number of nitrogens with zero attached hydrogens (tertiary/aromatic N) is 2. The van der Waals surface area contributed by atoms with E-state index in [-0.39, 0.29) is 11.5 Å². The highest BCUT2D eigenvalue weighted by Crippen LogP contribution is 2.51. The number of thiazole rings is 1. The Balaban J connectivity index is 1.44. The molecule has 2 N–H and O–H groups in total. The smallest absolute Gasteiger partial charge is 0.124 e. The molecule has 0 bridgehead atoms. The Kier molecular flexibility index (Phi) is 4.59. The molecule has 1 atom stereocenters. The molecule has 4 aliphatic rings. The summed E-state index contributed by atoms with van der Waals surface area (Å²) in [4.78, 5) is 7.68. The van der Waals surface area contributed by atoms with Crippen LogP contribution in [-0.4, -0.2) is 18.1 Å². The third-order valence-electron chi connectivity index (χ3n) is 8.38. The molecule has 3 aromatic rings. The second-order valence-electron chi connectivity index (χ2n) is 11.1. The van der Waals surface area contributed by atoms with Crippen molar-refractivity contribution in [2.45, 2.75) is 51.0 Å². The third-order valence-corrected chi connectivity index (χ3v) is 9.52. The Bertz CT molecular complexity index is 1620. The molecule has 1 unspecified atom stereocenters. The third kappa shape index (κ3) is 3.16. The van der Waals surface area contributed by atoms with E-state index in [0.717, 1.165) is 42.9 Å². The molecule has 176 valence electrons. The van der Waals surface area contributed by atoms with Crippen molar-refractivity contribution in [2.24, 2.45) is 5.73 Å². The van der Waals surface area contributed by atoms with Gasteiger partial charge in [0.05, 0.1) is 10.2 Å². The van der Waals surface area contributed by atoms with Crippen LogP contribution < -0.4 is 21.1 Å². The summed E-state index contributed by atoms with van der Waals surface area (Å²) in [5, 5.41) is 3.66. The van der Waals surface area contributed by atoms with E-state index >= 15 is 0 Å². The van der Waals surface area contributed by atoms with Crippen molar-refractivity contribution in [3.8, 4) is 0 Å². The average molecular weight is 478 g/mol. The number of nitrogens with two attached hydrogens (primary N) is 1. The average Bonchev–Trinajstić information content (AvgIpc) is 3.12. The topological polar surface area (TPSA) is 42.1 Å². The minimum Gasteiger partial charge on any atom is -0.371 e. The van der Waals surface area contributed by atoms with Crippen LogP contribution in [0.3, 0.4) is 0 Å². The Morgan fingerprint density at radius 1 is 1.23 bits per heavy atom. The summed E-state index contributed by atoms with van der Waals surface area (Å²) in [5.74, 6) is 0. The molecule has 3 heterocycles. The first kappa shape index (κ1) is 21.3. The maximum Gasteiger partial charge on any atom is 0.124 e. The van der Waals surface area contributed by atoms with Gasteiger partial charge in [0.2, 0.25) is 0 Å². The molecule has 0 spiro atoms. The fourth-order valence-electron chi connectivity index (χ4n) is 6.47. The van der Waals surface area contributed by atoms with Gasteiger partial charge in [0.15, 0.2) is 0 Å². The molecule has 35 heavy (non-hydrogen) atoms. The summed E-state index contributed by atoms with van der Waals surface area (Å²) >= 11 is 1.80. The first-order chi connectivity index (χ1) is 16.9. The highest BCUT2D eigenvalue weighted by atomic mass is 32.1. The zero-order valence-electron chi connectivity index (χ0n) is 20.5. The molecular weight excluding hydrogens is 446 g/mol. The van der Waals surface area contributed by atoms with E-state index in [1.54, 1.807) is 11.3 Å². The minimum atomic E-state index is 0.111. The van der Waals surface area contributed by atoms with E-state index in [2.05, 4.69) is 73.9 Å². The van der Waals surface area contributed by atoms with Crippen LogP contribution >= 0.6 is 11.3 Å². The first-order valence-corrected chi connectivity index (χ1v) is 13.6. The standard InChI is InChI=1S/C31H31N3S/c1-18-15-23-20(17-24-25(32)11-13-34-14-12-31(2,3)27(23)28(24)34)16-22(18)30-33-26-10-9-19-7-5-4-6-8-21(19)29(26)35-30/h4-5,7-10,16-17,25H,1,6,11-15,32H2,2-3H3. The van der Waals surface area contributed by atoms with Crippen molar-refractivity contribution in [2.75, 3.05) is 18.0 Å². The number of fused-ring (bicyclic) bond motifs is 5. The van der Waals surface area contributed by atoms with E-state index < -0.39 is 0 Å². The molecule has 4 heteroatoms. The summed E-state index contributed by atoms with van der Waals surface area (Å²) in [7, 11) is 0. The normalized spacial score (nSPS) is 21.9. The summed E-state index contributed by atoms with van der Waals surface area (Å²) in [6, 6.07) is 6.85. The fraction of sp³-hybridized carbons (Fsp3) is 0.323. The Hall–Kier alpha value is -2.95. The predicted molar refractivity (Wildman–Crippen MR) is 150 cm³/mol. The van der Waals surface area contributed by atoms with E-state index in [1.807, 2.05) is 0 Å². The first-order valence-electron chi connectivity index (χ1n) is 12.8. The van der Waals surface area contributed by atoms with Gasteiger partial charge in [-0.15, -0.1) is 11.3 Å². The number of allylic oxidation sites excluding steroid dienone is 4. The van der Waals surface area contributed by atoms with Gasteiger partial charge in [-0.2, -0.15) is 0 Å². The molecule has 2 aromatic carbocycles. The Morgan fingerprint density at radius 2 is 2.11 bits per heavy atom. The Morgan fingerprint density at radius 3 is 3.00 bits per heavy atom. The molecule has 1 aromatic heterocycles. The lowest BCUT2D eigenvalue weighted by atomic mass is 9.69. The van der Waals surface area contributed by atoms with Crippen LogP contribution in [0.2, 0.25) is 0 Å². The zero-order chi connectivity index (χ0) is 23.9. The van der Waals surface area contributed by atoms with E-state index in [0.29, 0.717) is 0 Å². The zero-order valence-corrected chi connectivity index (χ0v) is 21.3. The predicted octanol–water partition coefficient (Wildman–Crippen LogP) is 5.36. The van der Waals surface area contributed by atoms with E-state index in [1.165, 1.54) is 60.6 Å². The molecule has 2 aliphatic heterocycles. The number of aromatic nitrogens is 1. The van der Waals surface area contributed by atoms with Crippen LogP contribution in [0.1, 0.15) is 66.4 Å². The quantitative estimate of drug-likeness (QED) is 0.513. The van der Waals surface area contributed by atoms with Crippen molar-refractivity contribution < 1.29 is 0 Å². The SMILES string of the molecule is C=C1Cc2c(cc3c4c2C(C)(C)CCN4CCC3N)C=C1c1nc2ccc3c(c2s1)=CCC=CC=3. The van der Waals surface area contributed by atoms with Crippen molar-refractivity contribution in [3.63, 3.8) is 0 Å². The number of hydrogen-bond donors (Lipinski definition) is 1. The molecule has 2 aliphatic carbocycles. The lowest BCUT2D eigenvalue weighted by Gasteiger charge is -2.47. The van der Waals surface area contributed by atoms with Gasteiger partial charge in [0, 0.05) is 30.4 Å². The van der Waals surface area contributed by atoms with Gasteiger partial charge in [-0.1, -0.05) is 50.8 Å². The van der Waals surface area contributed by atoms with Crippen molar-refractivity contribution in [3.05, 3.63) is 80.2 Å². The second kappa shape index (κ2) is 7.52. The van der Waals surface area contributed by atoms with E-state index in [9.17, 15) is 0 Å². The molecule has 0 amide bonds. The van der Waals surface area contributed by atoms with Crippen molar-refractivity contribution >= 4 is 51.0 Å². The lowest BCUT2D eigenvalue weighted by Crippen LogP contribution is -2.43. The molecule has 0 radical (unpaired) electrons. The Labute approximate surface area is 210 Å². The molecule has 0 saturated heterocycles. The molecule has 0 saturated carbocycles. The van der Waals surface area contributed by atoms with Gasteiger partial charge in [-0.3, -0.25) is 0 Å². The van der Waals surface area contributed by atoms with Crippen LogP contribution in [0.15, 0.2) is 42.5 Å². The molecule has 0 fully saturated rings. The lowest BCUT2D eigenvalue weighted by molar-refractivity contribution is 0.433. The summed E-state index contributed by atoms with van der Waals surface area (Å²) in [6.07, 6.45) is 15.3. The van der Waals surface area contributed by atoms with Crippen LogP contribution in [0.25, 0.3) is 34.0 Å². The molecular formula is C31H31N3S. The van der Waals surface area contributed by atoms with Gasteiger partial charge in [-0.25, -0.2) is 4.98 Å². The highest BCUT2D eigenvalue weighted by Gasteiger charge is 2.39. The maximum absolute atomic E-state index is 6.69. The minimum absolute atomic E-state index is 0.111. The van der Waals surface area contributed by atoms with Crippen LogP contribution in [0.4, 0.5) is 5.69 Å². The van der Waals surface area contributed by atoms with Crippen molar-refractivity contribution in [1.82, 2.24) is 4.98 Å². The summed E-state index contributed by atoms with van der Waals surface area (Å²) in [5.41, 5.74) is 17.3. The fourth-order valence-corrected chi connectivity index (χ4v) is 7.65. The van der Waals surface area contributed by atoms with Gasteiger partial charge >= 0.3 is 0 Å². The monoisotopic (exact) mass is 477 g/mol. The van der Waals surface area contributed by atoms with Gasteiger partial charge < -0.3 is 10.6 Å². The van der Waals surface area contributed by atoms with Gasteiger partial charge in [-0.05, 0) is 87.6 Å². The van der Waals surface area contributed by atoms with Crippen molar-refractivity contribution in [1.29, 1.82) is 0 Å². The van der Waals surface area contributed by atoms with Crippen LogP contribution in [-0.2, 0) is 11.8 Å². The molecule has 7 rings (SSSR count). The number of benzene rings is 2. The molecule has 3 nitrogen and oxygen atoms in total. The number of hydrogen-bond acceptors (Lipinski definition) is 4.